The fourth-order valence-corrected chi connectivity index (χ4v) is 5.57. The summed E-state index contributed by atoms with van der Waals surface area (Å²) in [7, 11) is 0. The van der Waals surface area contributed by atoms with E-state index in [4.69, 9.17) is 9.47 Å². The van der Waals surface area contributed by atoms with E-state index >= 15 is 0 Å². The van der Waals surface area contributed by atoms with Gasteiger partial charge in [0.2, 0.25) is 0 Å². The molecule has 1 N–H and O–H groups in total. The predicted octanol–water partition coefficient (Wildman–Crippen LogP) is 11.3. The van der Waals surface area contributed by atoms with Crippen molar-refractivity contribution in [3.63, 3.8) is 0 Å². The first-order chi connectivity index (χ1) is 20.8. The molecular formula is C38H74O5. The number of unbranched alkanes of at least 4 members (excludes halogenated alkanes) is 21. The van der Waals surface area contributed by atoms with E-state index in [1.54, 1.807) is 0 Å². The van der Waals surface area contributed by atoms with E-state index in [0.29, 0.717) is 12.8 Å². The lowest BCUT2D eigenvalue weighted by Crippen LogP contribution is -2.25. The van der Waals surface area contributed by atoms with Crippen LogP contribution in [-0.2, 0) is 19.1 Å². The summed E-state index contributed by atoms with van der Waals surface area (Å²) < 4.78 is 10.3. The predicted molar refractivity (Wildman–Crippen MR) is 182 cm³/mol. The van der Waals surface area contributed by atoms with Crippen LogP contribution >= 0.6 is 0 Å². The van der Waals surface area contributed by atoms with Crippen molar-refractivity contribution < 1.29 is 24.2 Å². The van der Waals surface area contributed by atoms with Gasteiger partial charge in [-0.25, -0.2) is 0 Å². The summed E-state index contributed by atoms with van der Waals surface area (Å²) in [5, 5.41) is 9.99. The third-order valence-corrected chi connectivity index (χ3v) is 8.45. The van der Waals surface area contributed by atoms with Crippen molar-refractivity contribution in [1.82, 2.24) is 0 Å². The first kappa shape index (κ1) is 41.9. The van der Waals surface area contributed by atoms with E-state index in [2.05, 4.69) is 27.7 Å². The number of carbonyl (C=O) groups excluding carboxylic acids is 2. The fourth-order valence-electron chi connectivity index (χ4n) is 5.57. The second-order valence-corrected chi connectivity index (χ2v) is 14.0. The lowest BCUT2D eigenvalue weighted by molar-refractivity contribution is -0.152. The molecule has 43 heavy (non-hydrogen) atoms. The molecule has 0 aliphatic carbocycles. The Hall–Kier alpha value is -1.10. The second kappa shape index (κ2) is 32.3. The Bertz CT molecular complexity index is 603. The standard InChI is InChI=1S/C38H74O5/c1-34(2)28-24-20-16-12-9-7-5-6-8-10-14-18-22-26-30-37(40)42-32-36(39)33-43-38(41)31-27-23-19-15-11-13-17-21-25-29-35(3)4/h34-36,39H,5-33H2,1-4H3/t36-/m1/s1. The molecule has 0 radical (unpaired) electrons. The Balaban J connectivity index is 3.39. The molecule has 0 amide bonds. The minimum Gasteiger partial charge on any atom is -0.463 e. The number of carbonyl (C=O) groups is 2. The molecule has 0 aromatic heterocycles. The number of ether oxygens (including phenoxy) is 2. The molecule has 0 saturated carbocycles. The maximum atomic E-state index is 11.9. The molecule has 0 aliphatic rings. The Morgan fingerprint density at radius 1 is 0.419 bits per heavy atom. The molecule has 256 valence electrons. The number of hydrogen-bond acceptors (Lipinski definition) is 5. The van der Waals surface area contributed by atoms with Gasteiger partial charge in [-0.3, -0.25) is 9.59 Å². The average Bonchev–Trinajstić information content (AvgIpc) is 2.97. The van der Waals surface area contributed by atoms with E-state index in [-0.39, 0.29) is 25.2 Å². The molecule has 0 unspecified atom stereocenters. The Labute approximate surface area is 268 Å². The average molecular weight is 611 g/mol. The molecule has 0 spiro atoms. The highest BCUT2D eigenvalue weighted by molar-refractivity contribution is 5.69. The molecule has 0 fully saturated rings. The van der Waals surface area contributed by atoms with Gasteiger partial charge in [0.25, 0.3) is 0 Å². The van der Waals surface area contributed by atoms with E-state index < -0.39 is 6.10 Å². The number of aliphatic hydroxyl groups excluding tert-OH is 1. The quantitative estimate of drug-likeness (QED) is 0.0591. The Morgan fingerprint density at radius 3 is 0.907 bits per heavy atom. The lowest BCUT2D eigenvalue weighted by Gasteiger charge is -2.12. The van der Waals surface area contributed by atoms with Gasteiger partial charge >= 0.3 is 11.9 Å². The van der Waals surface area contributed by atoms with Gasteiger partial charge in [-0.2, -0.15) is 0 Å². The van der Waals surface area contributed by atoms with Crippen molar-refractivity contribution in [2.45, 2.75) is 207 Å². The molecule has 1 atom stereocenters. The van der Waals surface area contributed by atoms with Crippen LogP contribution in [0, 0.1) is 11.8 Å². The van der Waals surface area contributed by atoms with Gasteiger partial charge in [0.15, 0.2) is 0 Å². The van der Waals surface area contributed by atoms with Gasteiger partial charge in [0, 0.05) is 12.8 Å². The van der Waals surface area contributed by atoms with Crippen LogP contribution in [0.15, 0.2) is 0 Å². The van der Waals surface area contributed by atoms with E-state index in [1.165, 1.54) is 128 Å². The topological polar surface area (TPSA) is 72.8 Å². The van der Waals surface area contributed by atoms with E-state index in [1.807, 2.05) is 0 Å². The Kier molecular flexibility index (Phi) is 31.5. The molecular weight excluding hydrogens is 536 g/mol. The smallest absolute Gasteiger partial charge is 0.305 e. The maximum absolute atomic E-state index is 11.9. The molecule has 5 nitrogen and oxygen atoms in total. The molecule has 5 heteroatoms. The van der Waals surface area contributed by atoms with Crippen LogP contribution in [0.3, 0.4) is 0 Å². The van der Waals surface area contributed by atoms with Gasteiger partial charge in [-0.15, -0.1) is 0 Å². The highest BCUT2D eigenvalue weighted by Crippen LogP contribution is 2.16. The summed E-state index contributed by atoms with van der Waals surface area (Å²) in [6, 6.07) is 0. The van der Waals surface area contributed by atoms with Crippen LogP contribution in [0.1, 0.15) is 201 Å². The highest BCUT2D eigenvalue weighted by Gasteiger charge is 2.12. The normalized spacial score (nSPS) is 12.3. The summed E-state index contributed by atoms with van der Waals surface area (Å²) in [4.78, 5) is 23.9. The van der Waals surface area contributed by atoms with Crippen molar-refractivity contribution in [1.29, 1.82) is 0 Å². The molecule has 0 aromatic carbocycles. The largest absolute Gasteiger partial charge is 0.463 e. The summed E-state index contributed by atoms with van der Waals surface area (Å²) in [6.07, 6.45) is 31.6. The van der Waals surface area contributed by atoms with Gasteiger partial charge in [-0.1, -0.05) is 175 Å². The first-order valence-electron chi connectivity index (χ1n) is 18.8. The highest BCUT2D eigenvalue weighted by atomic mass is 16.6. The lowest BCUT2D eigenvalue weighted by atomic mass is 10.0. The first-order valence-corrected chi connectivity index (χ1v) is 18.8. The third-order valence-electron chi connectivity index (χ3n) is 8.45. The van der Waals surface area contributed by atoms with Gasteiger partial charge < -0.3 is 14.6 Å². The summed E-state index contributed by atoms with van der Waals surface area (Å²) >= 11 is 0. The summed E-state index contributed by atoms with van der Waals surface area (Å²) in [5.41, 5.74) is 0. The van der Waals surface area contributed by atoms with Crippen LogP contribution in [-0.4, -0.2) is 36.4 Å². The number of hydrogen-bond donors (Lipinski definition) is 1. The molecule has 0 aliphatic heterocycles. The monoisotopic (exact) mass is 611 g/mol. The molecule has 0 saturated heterocycles. The number of aliphatic hydroxyl groups is 1. The van der Waals surface area contributed by atoms with Crippen LogP contribution < -0.4 is 0 Å². The third kappa shape index (κ3) is 35.3. The van der Waals surface area contributed by atoms with E-state index in [9.17, 15) is 14.7 Å². The van der Waals surface area contributed by atoms with E-state index in [0.717, 1.165) is 43.9 Å². The SMILES string of the molecule is CC(C)CCCCCCCCCCCCCCCCC(=O)OC[C@@H](O)COC(=O)CCCCCCCCCCCC(C)C. The van der Waals surface area contributed by atoms with Crippen molar-refractivity contribution in [3.05, 3.63) is 0 Å². The minimum absolute atomic E-state index is 0.109. The summed E-state index contributed by atoms with van der Waals surface area (Å²) in [6.45, 7) is 8.99. The van der Waals surface area contributed by atoms with Crippen molar-refractivity contribution >= 4 is 11.9 Å². The minimum atomic E-state index is -0.955. The van der Waals surface area contributed by atoms with Crippen molar-refractivity contribution in [2.75, 3.05) is 13.2 Å². The van der Waals surface area contributed by atoms with Gasteiger partial charge in [-0.05, 0) is 24.7 Å². The Morgan fingerprint density at radius 2 is 0.651 bits per heavy atom. The molecule has 0 bridgehead atoms. The van der Waals surface area contributed by atoms with Crippen LogP contribution in [0.25, 0.3) is 0 Å². The maximum Gasteiger partial charge on any atom is 0.305 e. The van der Waals surface area contributed by atoms with Crippen LogP contribution in [0.5, 0.6) is 0 Å². The zero-order valence-electron chi connectivity index (χ0n) is 29.3. The van der Waals surface area contributed by atoms with Gasteiger partial charge in [0.05, 0.1) is 0 Å². The molecule has 0 heterocycles. The molecule has 0 rings (SSSR count). The molecule has 0 aromatic rings. The van der Waals surface area contributed by atoms with Gasteiger partial charge in [0.1, 0.15) is 19.3 Å². The van der Waals surface area contributed by atoms with Crippen molar-refractivity contribution in [2.24, 2.45) is 11.8 Å². The van der Waals surface area contributed by atoms with Crippen LogP contribution in [0.2, 0.25) is 0 Å². The van der Waals surface area contributed by atoms with Crippen molar-refractivity contribution in [3.8, 4) is 0 Å². The fraction of sp³-hybridized carbons (Fsp3) is 0.947. The summed E-state index contributed by atoms with van der Waals surface area (Å²) in [5.74, 6) is 1.12. The zero-order valence-corrected chi connectivity index (χ0v) is 29.3. The number of esters is 2. The zero-order chi connectivity index (χ0) is 31.8. The van der Waals surface area contributed by atoms with Crippen LogP contribution in [0.4, 0.5) is 0 Å². The number of rotatable bonds is 33. The second-order valence-electron chi connectivity index (χ2n) is 14.0.